The van der Waals surface area contributed by atoms with Crippen LogP contribution in [-0.4, -0.2) is 31.3 Å². The SMILES string of the molecule is COC1CCCC(OC(=O)CC(N)CC(C)(C)C)C1. The number of nitrogens with two attached hydrogens (primary N) is 1. The van der Waals surface area contributed by atoms with Gasteiger partial charge in [0.1, 0.15) is 6.10 Å². The second-order valence-electron chi connectivity index (χ2n) is 6.87. The van der Waals surface area contributed by atoms with Crippen LogP contribution >= 0.6 is 0 Å². The summed E-state index contributed by atoms with van der Waals surface area (Å²) in [6.07, 6.45) is 5.26. The van der Waals surface area contributed by atoms with Crippen LogP contribution in [0.5, 0.6) is 0 Å². The lowest BCUT2D eigenvalue weighted by Crippen LogP contribution is -2.33. The summed E-state index contributed by atoms with van der Waals surface area (Å²) in [6, 6.07) is -0.116. The molecule has 0 aromatic carbocycles. The van der Waals surface area contributed by atoms with Crippen LogP contribution in [0.4, 0.5) is 0 Å². The molecule has 112 valence electrons. The van der Waals surface area contributed by atoms with E-state index in [4.69, 9.17) is 15.2 Å². The summed E-state index contributed by atoms with van der Waals surface area (Å²) in [5.41, 5.74) is 6.14. The minimum absolute atomic E-state index is 0.00744. The van der Waals surface area contributed by atoms with E-state index in [9.17, 15) is 4.79 Å². The normalized spacial score (nSPS) is 25.9. The monoisotopic (exact) mass is 271 g/mol. The van der Waals surface area contributed by atoms with Crippen molar-refractivity contribution in [3.63, 3.8) is 0 Å². The molecule has 0 spiro atoms. The molecule has 0 saturated heterocycles. The molecule has 0 aliphatic heterocycles. The topological polar surface area (TPSA) is 61.5 Å². The molecule has 4 heteroatoms. The average Bonchev–Trinajstić information content (AvgIpc) is 2.26. The fourth-order valence-electron chi connectivity index (χ4n) is 2.73. The molecule has 0 bridgehead atoms. The predicted molar refractivity (Wildman–Crippen MR) is 75.8 cm³/mol. The van der Waals surface area contributed by atoms with Gasteiger partial charge >= 0.3 is 5.97 Å². The zero-order valence-electron chi connectivity index (χ0n) is 12.8. The largest absolute Gasteiger partial charge is 0.462 e. The van der Waals surface area contributed by atoms with Crippen molar-refractivity contribution in [2.75, 3.05) is 7.11 Å². The molecular formula is C15H29NO3. The number of esters is 1. The first kappa shape index (κ1) is 16.4. The second-order valence-corrected chi connectivity index (χ2v) is 6.87. The maximum Gasteiger partial charge on any atom is 0.307 e. The van der Waals surface area contributed by atoms with Gasteiger partial charge in [0, 0.05) is 19.6 Å². The van der Waals surface area contributed by atoms with Crippen LogP contribution in [0.25, 0.3) is 0 Å². The van der Waals surface area contributed by atoms with E-state index in [-0.39, 0.29) is 29.6 Å². The Morgan fingerprint density at radius 1 is 1.32 bits per heavy atom. The van der Waals surface area contributed by atoms with E-state index in [1.54, 1.807) is 7.11 Å². The average molecular weight is 271 g/mol. The van der Waals surface area contributed by atoms with Crippen LogP contribution < -0.4 is 5.73 Å². The molecular weight excluding hydrogens is 242 g/mol. The van der Waals surface area contributed by atoms with Crippen LogP contribution in [0.15, 0.2) is 0 Å². The summed E-state index contributed by atoms with van der Waals surface area (Å²) in [4.78, 5) is 11.9. The van der Waals surface area contributed by atoms with Crippen molar-refractivity contribution in [2.45, 2.75) is 77.5 Å². The molecule has 2 N–H and O–H groups in total. The Hall–Kier alpha value is -0.610. The third-order valence-electron chi connectivity index (χ3n) is 3.51. The molecule has 1 fully saturated rings. The van der Waals surface area contributed by atoms with Crippen molar-refractivity contribution in [2.24, 2.45) is 11.1 Å². The smallest absolute Gasteiger partial charge is 0.307 e. The van der Waals surface area contributed by atoms with E-state index >= 15 is 0 Å². The second kappa shape index (κ2) is 7.25. The fourth-order valence-corrected chi connectivity index (χ4v) is 2.73. The Morgan fingerprint density at radius 2 is 1.95 bits per heavy atom. The van der Waals surface area contributed by atoms with Crippen LogP contribution in [0.1, 0.15) is 59.3 Å². The Labute approximate surface area is 117 Å². The summed E-state index contributed by atoms with van der Waals surface area (Å²) < 4.78 is 10.8. The van der Waals surface area contributed by atoms with Gasteiger partial charge in [-0.15, -0.1) is 0 Å². The lowest BCUT2D eigenvalue weighted by molar-refractivity contribution is -0.153. The Kier molecular flexibility index (Phi) is 6.27. The first-order valence-electron chi connectivity index (χ1n) is 7.28. The van der Waals surface area contributed by atoms with Crippen molar-refractivity contribution < 1.29 is 14.3 Å². The maximum absolute atomic E-state index is 11.9. The fraction of sp³-hybridized carbons (Fsp3) is 0.933. The summed E-state index contributed by atoms with van der Waals surface area (Å²) in [7, 11) is 1.72. The first-order chi connectivity index (χ1) is 8.80. The molecule has 1 saturated carbocycles. The number of ether oxygens (including phenoxy) is 2. The zero-order chi connectivity index (χ0) is 14.5. The lowest BCUT2D eigenvalue weighted by atomic mass is 9.87. The molecule has 0 heterocycles. The van der Waals surface area contributed by atoms with Gasteiger partial charge in [0.15, 0.2) is 0 Å². The molecule has 4 nitrogen and oxygen atoms in total. The van der Waals surface area contributed by atoms with Crippen LogP contribution in [0.3, 0.4) is 0 Å². The number of hydrogen-bond acceptors (Lipinski definition) is 4. The van der Waals surface area contributed by atoms with Gasteiger partial charge in [-0.25, -0.2) is 0 Å². The van der Waals surface area contributed by atoms with E-state index < -0.39 is 0 Å². The van der Waals surface area contributed by atoms with Gasteiger partial charge in [0.2, 0.25) is 0 Å². The van der Waals surface area contributed by atoms with Crippen molar-refractivity contribution in [1.82, 2.24) is 0 Å². The number of hydrogen-bond donors (Lipinski definition) is 1. The quantitative estimate of drug-likeness (QED) is 0.781. The Bertz CT molecular complexity index is 286. The third kappa shape index (κ3) is 6.92. The number of rotatable bonds is 5. The molecule has 1 aliphatic carbocycles. The van der Waals surface area contributed by atoms with Crippen molar-refractivity contribution in [3.05, 3.63) is 0 Å². The van der Waals surface area contributed by atoms with E-state index in [0.717, 1.165) is 32.1 Å². The van der Waals surface area contributed by atoms with Crippen LogP contribution in [0.2, 0.25) is 0 Å². The summed E-state index contributed by atoms with van der Waals surface area (Å²) in [6.45, 7) is 6.38. The number of methoxy groups -OCH3 is 1. The van der Waals surface area contributed by atoms with E-state index in [1.807, 2.05) is 0 Å². The first-order valence-corrected chi connectivity index (χ1v) is 7.28. The van der Waals surface area contributed by atoms with Crippen molar-refractivity contribution in [1.29, 1.82) is 0 Å². The predicted octanol–water partition coefficient (Wildman–Crippen LogP) is 2.64. The lowest BCUT2D eigenvalue weighted by Gasteiger charge is -2.28. The third-order valence-corrected chi connectivity index (χ3v) is 3.51. The molecule has 0 amide bonds. The molecule has 0 aromatic heterocycles. The van der Waals surface area contributed by atoms with Gasteiger partial charge in [0.25, 0.3) is 0 Å². The highest BCUT2D eigenvalue weighted by molar-refractivity contribution is 5.70. The summed E-state index contributed by atoms with van der Waals surface area (Å²) in [5, 5.41) is 0. The molecule has 19 heavy (non-hydrogen) atoms. The van der Waals surface area contributed by atoms with E-state index in [2.05, 4.69) is 20.8 Å². The highest BCUT2D eigenvalue weighted by atomic mass is 16.5. The molecule has 1 aliphatic rings. The van der Waals surface area contributed by atoms with E-state index in [0.29, 0.717) is 6.42 Å². The van der Waals surface area contributed by atoms with Gasteiger partial charge in [-0.2, -0.15) is 0 Å². The summed E-state index contributed by atoms with van der Waals surface area (Å²) >= 11 is 0. The van der Waals surface area contributed by atoms with E-state index in [1.165, 1.54) is 0 Å². The van der Waals surface area contributed by atoms with Gasteiger partial charge < -0.3 is 15.2 Å². The molecule has 3 atom stereocenters. The number of carbonyl (C=O) groups excluding carboxylic acids is 1. The van der Waals surface area contributed by atoms with Gasteiger partial charge in [0.05, 0.1) is 12.5 Å². The highest BCUT2D eigenvalue weighted by Crippen LogP contribution is 2.24. The molecule has 1 rings (SSSR count). The highest BCUT2D eigenvalue weighted by Gasteiger charge is 2.26. The zero-order valence-corrected chi connectivity index (χ0v) is 12.8. The molecule has 3 unspecified atom stereocenters. The minimum atomic E-state index is -0.168. The maximum atomic E-state index is 11.9. The van der Waals surface area contributed by atoms with Crippen molar-refractivity contribution >= 4 is 5.97 Å². The van der Waals surface area contributed by atoms with Gasteiger partial charge in [-0.1, -0.05) is 20.8 Å². The Balaban J connectivity index is 2.30. The molecule has 0 radical (unpaired) electrons. The molecule has 0 aromatic rings. The van der Waals surface area contributed by atoms with Gasteiger partial charge in [-0.05, 0) is 31.1 Å². The summed E-state index contributed by atoms with van der Waals surface area (Å²) in [5.74, 6) is -0.168. The van der Waals surface area contributed by atoms with Crippen LogP contribution in [-0.2, 0) is 14.3 Å². The minimum Gasteiger partial charge on any atom is -0.462 e. The van der Waals surface area contributed by atoms with Crippen LogP contribution in [0, 0.1) is 5.41 Å². The van der Waals surface area contributed by atoms with Gasteiger partial charge in [-0.3, -0.25) is 4.79 Å². The number of carbonyl (C=O) groups is 1. The standard InChI is InChI=1S/C15H29NO3/c1-15(2,3)10-11(16)8-14(17)19-13-7-5-6-12(9-13)18-4/h11-13H,5-10,16H2,1-4H3. The van der Waals surface area contributed by atoms with Crippen molar-refractivity contribution in [3.8, 4) is 0 Å². The Morgan fingerprint density at radius 3 is 2.53 bits per heavy atom.